The van der Waals surface area contributed by atoms with Crippen molar-refractivity contribution in [3.63, 3.8) is 0 Å². The van der Waals surface area contributed by atoms with Gasteiger partial charge in [0.2, 0.25) is 5.13 Å². The van der Waals surface area contributed by atoms with E-state index in [2.05, 4.69) is 24.9 Å². The predicted molar refractivity (Wildman–Crippen MR) is 97.0 cm³/mol. The molecule has 0 atom stereocenters. The standard InChI is InChI=1S/C15H16N6O2S2/c1-9-18-19-12(24-9)8-21(2)15(22)17-14-16-13(20-25-14)10-5-4-6-11(7-10)23-3/h4-7H,8H2,1-3H3,(H,16,17,20,22). The molecule has 0 spiro atoms. The number of nitrogens with zero attached hydrogens (tertiary/aromatic N) is 5. The molecule has 8 nitrogen and oxygen atoms in total. The van der Waals surface area contributed by atoms with E-state index in [1.165, 1.54) is 16.2 Å². The number of nitrogens with one attached hydrogen (secondary N) is 1. The first-order valence-electron chi connectivity index (χ1n) is 7.34. The van der Waals surface area contributed by atoms with Gasteiger partial charge in [-0.25, -0.2) is 4.79 Å². The van der Waals surface area contributed by atoms with E-state index >= 15 is 0 Å². The van der Waals surface area contributed by atoms with Gasteiger partial charge in [-0.05, 0) is 19.1 Å². The Labute approximate surface area is 152 Å². The SMILES string of the molecule is COc1cccc(-c2nsc(NC(=O)N(C)Cc3nnc(C)s3)n2)c1. The zero-order valence-corrected chi connectivity index (χ0v) is 15.5. The summed E-state index contributed by atoms with van der Waals surface area (Å²) >= 11 is 2.59. The van der Waals surface area contributed by atoms with E-state index in [1.807, 2.05) is 31.2 Å². The van der Waals surface area contributed by atoms with Crippen LogP contribution in [0.4, 0.5) is 9.93 Å². The minimum Gasteiger partial charge on any atom is -0.497 e. The molecule has 0 radical (unpaired) electrons. The first-order valence-corrected chi connectivity index (χ1v) is 8.93. The number of benzene rings is 1. The molecule has 0 fully saturated rings. The quantitative estimate of drug-likeness (QED) is 0.736. The van der Waals surface area contributed by atoms with Gasteiger partial charge in [-0.2, -0.15) is 9.36 Å². The lowest BCUT2D eigenvalue weighted by Crippen LogP contribution is -2.30. The molecule has 0 aliphatic carbocycles. The number of amides is 2. The van der Waals surface area contributed by atoms with E-state index in [9.17, 15) is 4.79 Å². The van der Waals surface area contributed by atoms with Gasteiger partial charge < -0.3 is 9.64 Å². The van der Waals surface area contributed by atoms with Crippen molar-refractivity contribution in [2.45, 2.75) is 13.5 Å². The van der Waals surface area contributed by atoms with Crippen molar-refractivity contribution in [2.75, 3.05) is 19.5 Å². The zero-order valence-electron chi connectivity index (χ0n) is 13.9. The van der Waals surface area contributed by atoms with Crippen LogP contribution >= 0.6 is 22.9 Å². The minimum absolute atomic E-state index is 0.277. The van der Waals surface area contributed by atoms with Crippen molar-refractivity contribution < 1.29 is 9.53 Å². The topological polar surface area (TPSA) is 93.1 Å². The van der Waals surface area contributed by atoms with E-state index < -0.39 is 0 Å². The van der Waals surface area contributed by atoms with Crippen LogP contribution in [0, 0.1) is 6.92 Å². The number of carbonyl (C=O) groups is 1. The fraction of sp³-hybridized carbons (Fsp3) is 0.267. The van der Waals surface area contributed by atoms with Crippen molar-refractivity contribution in [3.05, 3.63) is 34.3 Å². The third-order valence-corrected chi connectivity index (χ3v) is 4.71. The number of methoxy groups -OCH3 is 1. The average molecular weight is 376 g/mol. The molecule has 1 N–H and O–H groups in total. The number of hydrogen-bond donors (Lipinski definition) is 1. The van der Waals surface area contributed by atoms with Crippen molar-refractivity contribution >= 4 is 34.0 Å². The Hall–Kier alpha value is -2.59. The van der Waals surface area contributed by atoms with Crippen molar-refractivity contribution in [2.24, 2.45) is 0 Å². The molecule has 10 heteroatoms. The van der Waals surface area contributed by atoms with E-state index in [0.29, 0.717) is 17.5 Å². The zero-order chi connectivity index (χ0) is 17.8. The van der Waals surface area contributed by atoms with Crippen LogP contribution in [0.2, 0.25) is 0 Å². The lowest BCUT2D eigenvalue weighted by molar-refractivity contribution is 0.220. The van der Waals surface area contributed by atoms with Gasteiger partial charge in [-0.3, -0.25) is 5.32 Å². The van der Waals surface area contributed by atoms with Crippen molar-refractivity contribution in [3.8, 4) is 17.1 Å². The van der Waals surface area contributed by atoms with Crippen LogP contribution in [0.15, 0.2) is 24.3 Å². The predicted octanol–water partition coefficient (Wildman–Crippen LogP) is 3.04. The molecule has 2 amide bonds. The molecule has 25 heavy (non-hydrogen) atoms. The molecule has 0 unspecified atom stereocenters. The van der Waals surface area contributed by atoms with Crippen LogP contribution in [-0.4, -0.2) is 44.6 Å². The van der Waals surface area contributed by atoms with Crippen LogP contribution in [0.1, 0.15) is 10.0 Å². The Bertz CT molecular complexity index is 878. The first-order chi connectivity index (χ1) is 12.0. The van der Waals surface area contributed by atoms with Crippen LogP contribution in [0.3, 0.4) is 0 Å². The summed E-state index contributed by atoms with van der Waals surface area (Å²) in [6, 6.07) is 7.17. The summed E-state index contributed by atoms with van der Waals surface area (Å²) < 4.78 is 9.48. The molecule has 3 aromatic rings. The lowest BCUT2D eigenvalue weighted by Gasteiger charge is -2.14. The van der Waals surface area contributed by atoms with Crippen LogP contribution in [-0.2, 0) is 6.54 Å². The van der Waals surface area contributed by atoms with Gasteiger partial charge in [0.1, 0.15) is 15.8 Å². The number of carbonyl (C=O) groups excluding carboxylic acids is 1. The van der Waals surface area contributed by atoms with Crippen LogP contribution < -0.4 is 10.1 Å². The third-order valence-electron chi connectivity index (χ3n) is 3.25. The normalized spacial score (nSPS) is 10.5. The number of anilines is 1. The highest BCUT2D eigenvalue weighted by molar-refractivity contribution is 7.11. The highest BCUT2D eigenvalue weighted by Gasteiger charge is 2.15. The second kappa shape index (κ2) is 7.53. The summed E-state index contributed by atoms with van der Waals surface area (Å²) in [5.41, 5.74) is 0.828. The summed E-state index contributed by atoms with van der Waals surface area (Å²) in [6.07, 6.45) is 0. The van der Waals surface area contributed by atoms with Gasteiger partial charge in [0.25, 0.3) is 0 Å². The number of urea groups is 1. The maximum Gasteiger partial charge on any atom is 0.323 e. The van der Waals surface area contributed by atoms with E-state index in [-0.39, 0.29) is 6.03 Å². The summed E-state index contributed by atoms with van der Waals surface area (Å²) in [6.45, 7) is 2.27. The molecule has 2 aromatic heterocycles. The molecule has 0 saturated carbocycles. The first kappa shape index (κ1) is 17.2. The Morgan fingerprint density at radius 3 is 2.92 bits per heavy atom. The average Bonchev–Trinajstić information content (AvgIpc) is 3.24. The fourth-order valence-electron chi connectivity index (χ4n) is 2.02. The fourth-order valence-corrected chi connectivity index (χ4v) is 3.36. The Morgan fingerprint density at radius 2 is 2.20 bits per heavy atom. The largest absolute Gasteiger partial charge is 0.497 e. The van der Waals surface area contributed by atoms with Gasteiger partial charge >= 0.3 is 6.03 Å². The van der Waals surface area contributed by atoms with Crippen LogP contribution in [0.5, 0.6) is 5.75 Å². The van der Waals surface area contributed by atoms with Gasteiger partial charge in [0.05, 0.1) is 13.7 Å². The molecular weight excluding hydrogens is 360 g/mol. The van der Waals surface area contributed by atoms with E-state index in [4.69, 9.17) is 4.74 Å². The van der Waals surface area contributed by atoms with E-state index in [1.54, 1.807) is 14.2 Å². The number of rotatable bonds is 5. The molecule has 0 aliphatic rings. The van der Waals surface area contributed by atoms with Gasteiger partial charge in [-0.15, -0.1) is 10.2 Å². The molecule has 0 bridgehead atoms. The molecule has 0 saturated heterocycles. The number of aromatic nitrogens is 4. The summed E-state index contributed by atoms with van der Waals surface area (Å²) in [7, 11) is 3.30. The number of aryl methyl sites for hydroxylation is 1. The highest BCUT2D eigenvalue weighted by atomic mass is 32.1. The molecular formula is C15H16N6O2S2. The Kier molecular flexibility index (Phi) is 5.19. The highest BCUT2D eigenvalue weighted by Crippen LogP contribution is 2.24. The van der Waals surface area contributed by atoms with Crippen molar-refractivity contribution in [1.29, 1.82) is 0 Å². The van der Waals surface area contributed by atoms with Crippen molar-refractivity contribution in [1.82, 2.24) is 24.5 Å². The third kappa shape index (κ3) is 4.28. The molecule has 0 aliphatic heterocycles. The summed E-state index contributed by atoms with van der Waals surface area (Å²) in [5, 5.41) is 12.8. The maximum atomic E-state index is 12.3. The number of ether oxygens (including phenoxy) is 1. The maximum absolute atomic E-state index is 12.3. The summed E-state index contributed by atoms with van der Waals surface area (Å²) in [5.74, 6) is 1.27. The van der Waals surface area contributed by atoms with Gasteiger partial charge in [0, 0.05) is 24.1 Å². The monoisotopic (exact) mass is 376 g/mol. The Balaban J connectivity index is 1.65. The number of hydrogen-bond acceptors (Lipinski definition) is 8. The second-order valence-electron chi connectivity index (χ2n) is 5.16. The van der Waals surface area contributed by atoms with Gasteiger partial charge in [0.15, 0.2) is 5.82 Å². The lowest BCUT2D eigenvalue weighted by atomic mass is 10.2. The smallest absolute Gasteiger partial charge is 0.323 e. The molecule has 130 valence electrons. The van der Waals surface area contributed by atoms with Crippen LogP contribution in [0.25, 0.3) is 11.4 Å². The minimum atomic E-state index is -0.277. The molecule has 3 rings (SSSR count). The molecule has 2 heterocycles. The second-order valence-corrected chi connectivity index (χ2v) is 7.17. The van der Waals surface area contributed by atoms with Gasteiger partial charge in [-0.1, -0.05) is 23.5 Å². The van der Waals surface area contributed by atoms with E-state index in [0.717, 1.165) is 32.9 Å². The molecule has 1 aromatic carbocycles. The summed E-state index contributed by atoms with van der Waals surface area (Å²) in [4.78, 5) is 18.1. The Morgan fingerprint density at radius 1 is 1.36 bits per heavy atom.